The molecule has 2 aromatic rings. The second-order valence-corrected chi connectivity index (χ2v) is 5.39. The highest BCUT2D eigenvalue weighted by molar-refractivity contribution is 14.0. The van der Waals surface area contributed by atoms with E-state index in [0.29, 0.717) is 19.0 Å². The van der Waals surface area contributed by atoms with E-state index in [-0.39, 0.29) is 24.0 Å². The molecule has 0 atom stereocenters. The van der Waals surface area contributed by atoms with E-state index in [1.165, 1.54) is 12.1 Å². The summed E-state index contributed by atoms with van der Waals surface area (Å²) in [6, 6.07) is 7.10. The zero-order chi connectivity index (χ0) is 16.0. The highest BCUT2D eigenvalue weighted by atomic mass is 127. The van der Waals surface area contributed by atoms with Crippen LogP contribution < -0.4 is 10.6 Å². The third-order valence-electron chi connectivity index (χ3n) is 3.00. The average Bonchev–Trinajstić information content (AvgIpc) is 3.00. The van der Waals surface area contributed by atoms with Crippen molar-refractivity contribution in [2.24, 2.45) is 4.99 Å². The SMILES string of the molecule is CN=C(NCc1ccc(C(F)(F)F)cc1)NCc1ccsc1.I. The molecule has 1 heterocycles. The third-order valence-corrected chi connectivity index (χ3v) is 3.74. The van der Waals surface area contributed by atoms with E-state index >= 15 is 0 Å². The summed E-state index contributed by atoms with van der Waals surface area (Å²) in [5.41, 5.74) is 1.27. The quantitative estimate of drug-likeness (QED) is 0.411. The third kappa shape index (κ3) is 6.38. The van der Waals surface area contributed by atoms with Crippen LogP contribution >= 0.6 is 35.3 Å². The minimum absolute atomic E-state index is 0. The van der Waals surface area contributed by atoms with Crippen LogP contribution in [0, 0.1) is 0 Å². The number of hydrogen-bond donors (Lipinski definition) is 2. The maximum atomic E-state index is 12.5. The molecule has 0 saturated heterocycles. The summed E-state index contributed by atoms with van der Waals surface area (Å²) < 4.78 is 37.4. The molecule has 1 aromatic heterocycles. The number of nitrogens with zero attached hydrogens (tertiary/aromatic N) is 1. The number of nitrogens with one attached hydrogen (secondary N) is 2. The van der Waals surface area contributed by atoms with Crippen molar-refractivity contribution in [3.8, 4) is 0 Å². The van der Waals surface area contributed by atoms with Gasteiger partial charge >= 0.3 is 6.18 Å². The largest absolute Gasteiger partial charge is 0.416 e. The lowest BCUT2D eigenvalue weighted by atomic mass is 10.1. The molecule has 126 valence electrons. The molecule has 2 N–H and O–H groups in total. The van der Waals surface area contributed by atoms with Crippen LogP contribution in [0.25, 0.3) is 0 Å². The Hall–Kier alpha value is -1.29. The molecule has 0 bridgehead atoms. The first-order chi connectivity index (χ1) is 10.5. The van der Waals surface area contributed by atoms with Gasteiger partial charge in [0, 0.05) is 20.1 Å². The number of aliphatic imine (C=N–C) groups is 1. The fourth-order valence-corrected chi connectivity index (χ4v) is 2.47. The van der Waals surface area contributed by atoms with Gasteiger partial charge in [0.25, 0.3) is 0 Å². The summed E-state index contributed by atoms with van der Waals surface area (Å²) in [6.45, 7) is 1.05. The summed E-state index contributed by atoms with van der Waals surface area (Å²) in [6.07, 6.45) is -4.30. The van der Waals surface area contributed by atoms with Gasteiger partial charge in [-0.1, -0.05) is 12.1 Å². The van der Waals surface area contributed by atoms with Gasteiger partial charge in [-0.2, -0.15) is 24.5 Å². The van der Waals surface area contributed by atoms with Gasteiger partial charge in [0.2, 0.25) is 0 Å². The van der Waals surface area contributed by atoms with Crippen LogP contribution in [0.3, 0.4) is 0 Å². The van der Waals surface area contributed by atoms with Crippen molar-refractivity contribution < 1.29 is 13.2 Å². The lowest BCUT2D eigenvalue weighted by molar-refractivity contribution is -0.137. The van der Waals surface area contributed by atoms with Gasteiger partial charge in [-0.05, 0) is 40.1 Å². The van der Waals surface area contributed by atoms with Crippen LogP contribution in [0.1, 0.15) is 16.7 Å². The standard InChI is InChI=1S/C15H16F3N3S.HI/c1-19-14(21-9-12-6-7-22-10-12)20-8-11-2-4-13(5-3-11)15(16,17)18;/h2-7,10H,8-9H2,1H3,(H2,19,20,21);1H. The summed E-state index contributed by atoms with van der Waals surface area (Å²) in [5.74, 6) is 0.603. The van der Waals surface area contributed by atoms with Gasteiger partial charge in [0.05, 0.1) is 5.56 Å². The summed E-state index contributed by atoms with van der Waals surface area (Å²) in [7, 11) is 1.65. The second kappa shape index (κ2) is 9.11. The molecule has 23 heavy (non-hydrogen) atoms. The van der Waals surface area contributed by atoms with Crippen LogP contribution in [0.15, 0.2) is 46.1 Å². The number of hydrogen-bond acceptors (Lipinski definition) is 2. The molecule has 1 aromatic carbocycles. The van der Waals surface area contributed by atoms with E-state index in [4.69, 9.17) is 0 Å². The highest BCUT2D eigenvalue weighted by Gasteiger charge is 2.29. The minimum Gasteiger partial charge on any atom is -0.352 e. The van der Waals surface area contributed by atoms with Crippen molar-refractivity contribution in [2.45, 2.75) is 19.3 Å². The summed E-state index contributed by atoms with van der Waals surface area (Å²) >= 11 is 1.62. The van der Waals surface area contributed by atoms with Crippen LogP contribution in [0.5, 0.6) is 0 Å². The molecule has 8 heteroatoms. The Labute approximate surface area is 154 Å². The number of thiophene rings is 1. The predicted octanol–water partition coefficient (Wildman–Crippen LogP) is 4.25. The molecular weight excluding hydrogens is 438 g/mol. The van der Waals surface area contributed by atoms with E-state index in [0.717, 1.165) is 23.3 Å². The van der Waals surface area contributed by atoms with Crippen LogP contribution in [0.2, 0.25) is 0 Å². The first-order valence-electron chi connectivity index (χ1n) is 6.61. The molecule has 0 aliphatic heterocycles. The first kappa shape index (κ1) is 19.8. The fourth-order valence-electron chi connectivity index (χ4n) is 1.80. The Bertz CT molecular complexity index is 610. The fraction of sp³-hybridized carbons (Fsp3) is 0.267. The molecule has 0 amide bonds. The van der Waals surface area contributed by atoms with Crippen molar-refractivity contribution in [3.63, 3.8) is 0 Å². The van der Waals surface area contributed by atoms with Crippen molar-refractivity contribution in [1.82, 2.24) is 10.6 Å². The number of rotatable bonds is 4. The Morgan fingerprint density at radius 1 is 1.04 bits per heavy atom. The van der Waals surface area contributed by atoms with E-state index in [9.17, 15) is 13.2 Å². The lowest BCUT2D eigenvalue weighted by Gasteiger charge is -2.12. The number of benzene rings is 1. The Morgan fingerprint density at radius 2 is 1.65 bits per heavy atom. The normalized spacial score (nSPS) is 11.7. The van der Waals surface area contributed by atoms with Gasteiger partial charge in [0.1, 0.15) is 0 Å². The van der Waals surface area contributed by atoms with Crippen LogP contribution in [0.4, 0.5) is 13.2 Å². The molecule has 0 spiro atoms. The predicted molar refractivity (Wildman–Crippen MR) is 98.2 cm³/mol. The average molecular weight is 455 g/mol. The number of alkyl halides is 3. The molecule has 3 nitrogen and oxygen atoms in total. The first-order valence-corrected chi connectivity index (χ1v) is 7.55. The molecule has 0 aliphatic carbocycles. The highest BCUT2D eigenvalue weighted by Crippen LogP contribution is 2.28. The molecular formula is C15H17F3IN3S. The van der Waals surface area contributed by atoms with Gasteiger partial charge in [-0.25, -0.2) is 0 Å². The van der Waals surface area contributed by atoms with E-state index in [1.807, 2.05) is 16.8 Å². The maximum absolute atomic E-state index is 12.5. The topological polar surface area (TPSA) is 36.4 Å². The number of guanidine groups is 1. The van der Waals surface area contributed by atoms with E-state index in [2.05, 4.69) is 15.6 Å². The van der Waals surface area contributed by atoms with Crippen LogP contribution in [-0.2, 0) is 19.3 Å². The van der Waals surface area contributed by atoms with Gasteiger partial charge in [-0.15, -0.1) is 24.0 Å². The van der Waals surface area contributed by atoms with Crippen LogP contribution in [-0.4, -0.2) is 13.0 Å². The van der Waals surface area contributed by atoms with Crippen molar-refractivity contribution in [1.29, 1.82) is 0 Å². The van der Waals surface area contributed by atoms with Gasteiger partial charge < -0.3 is 10.6 Å². The molecule has 0 aliphatic rings. The Morgan fingerprint density at radius 3 is 2.13 bits per heavy atom. The minimum atomic E-state index is -4.30. The molecule has 0 saturated carbocycles. The zero-order valence-corrected chi connectivity index (χ0v) is 15.5. The summed E-state index contributed by atoms with van der Waals surface area (Å²) in [5, 5.41) is 10.2. The monoisotopic (exact) mass is 455 g/mol. The van der Waals surface area contributed by atoms with Crippen molar-refractivity contribution >= 4 is 41.3 Å². The Kier molecular flexibility index (Phi) is 7.83. The zero-order valence-electron chi connectivity index (χ0n) is 12.4. The van der Waals surface area contributed by atoms with Crippen molar-refractivity contribution in [2.75, 3.05) is 7.05 Å². The maximum Gasteiger partial charge on any atom is 0.416 e. The van der Waals surface area contributed by atoms with Crippen molar-refractivity contribution in [3.05, 3.63) is 57.8 Å². The van der Waals surface area contributed by atoms with Gasteiger partial charge in [0.15, 0.2) is 5.96 Å². The summed E-state index contributed by atoms with van der Waals surface area (Å²) in [4.78, 5) is 4.08. The molecule has 2 rings (SSSR count). The van der Waals surface area contributed by atoms with Gasteiger partial charge in [-0.3, -0.25) is 4.99 Å². The Balaban J connectivity index is 0.00000264. The smallest absolute Gasteiger partial charge is 0.352 e. The lowest BCUT2D eigenvalue weighted by Crippen LogP contribution is -2.36. The van der Waals surface area contributed by atoms with E-state index in [1.54, 1.807) is 18.4 Å². The van der Waals surface area contributed by atoms with E-state index < -0.39 is 11.7 Å². The number of halogens is 4. The second-order valence-electron chi connectivity index (χ2n) is 4.61. The molecule has 0 unspecified atom stereocenters. The molecule has 0 radical (unpaired) electrons. The molecule has 0 fully saturated rings.